The molecule has 1 heterocycles. The van der Waals surface area contributed by atoms with Crippen molar-refractivity contribution in [2.24, 2.45) is 5.73 Å². The molecule has 29 heavy (non-hydrogen) atoms. The molecule has 0 unspecified atom stereocenters. The first-order valence-corrected chi connectivity index (χ1v) is 10.2. The van der Waals surface area contributed by atoms with Crippen LogP contribution in [0.3, 0.4) is 0 Å². The Morgan fingerprint density at radius 2 is 1.62 bits per heavy atom. The number of thioether (sulfide) groups is 1. The van der Waals surface area contributed by atoms with E-state index in [9.17, 15) is 9.59 Å². The maximum absolute atomic E-state index is 12.6. The summed E-state index contributed by atoms with van der Waals surface area (Å²) in [5.41, 5.74) is 11.2. The van der Waals surface area contributed by atoms with E-state index in [4.69, 9.17) is 5.73 Å². The molecule has 0 aliphatic carbocycles. The van der Waals surface area contributed by atoms with Crippen molar-refractivity contribution >= 4 is 29.3 Å². The number of nitrogens with two attached hydrogens (primary N) is 1. The van der Waals surface area contributed by atoms with Crippen LogP contribution < -0.4 is 11.1 Å². The van der Waals surface area contributed by atoms with E-state index in [0.717, 1.165) is 33.6 Å². The van der Waals surface area contributed by atoms with Crippen molar-refractivity contribution in [1.29, 1.82) is 0 Å². The molecular formula is C23H23N3O2S. The fourth-order valence-corrected chi connectivity index (χ4v) is 4.03. The molecule has 3 aromatic rings. The molecule has 2 aromatic carbocycles. The van der Waals surface area contributed by atoms with E-state index in [1.807, 2.05) is 75.4 Å². The van der Waals surface area contributed by atoms with Crippen molar-refractivity contribution in [2.45, 2.75) is 25.8 Å². The van der Waals surface area contributed by atoms with Gasteiger partial charge in [-0.2, -0.15) is 0 Å². The standard InChI is InChI=1S/C23H23N3O2S/c1-14-15(2)21(22(24)28)23(25-16(14)3)29-13-20(27)26-19-12-8-7-11-18(19)17-9-5-4-6-10-17/h4-12H,13H2,1-3H3,(H2,24,28)(H,26,27). The van der Waals surface area contributed by atoms with Crippen molar-refractivity contribution < 1.29 is 9.59 Å². The molecule has 148 valence electrons. The van der Waals surface area contributed by atoms with Crippen LogP contribution in [-0.4, -0.2) is 22.6 Å². The molecule has 0 aliphatic heterocycles. The van der Waals surface area contributed by atoms with Crippen LogP contribution in [0.5, 0.6) is 0 Å². The zero-order chi connectivity index (χ0) is 21.0. The molecule has 0 fully saturated rings. The van der Waals surface area contributed by atoms with Gasteiger partial charge in [0.15, 0.2) is 0 Å². The number of nitrogens with one attached hydrogen (secondary N) is 1. The van der Waals surface area contributed by atoms with Crippen molar-refractivity contribution in [2.75, 3.05) is 11.1 Å². The zero-order valence-corrected chi connectivity index (χ0v) is 17.5. The van der Waals surface area contributed by atoms with Gasteiger partial charge < -0.3 is 11.1 Å². The van der Waals surface area contributed by atoms with Crippen molar-refractivity contribution in [3.63, 3.8) is 0 Å². The number of carbonyl (C=O) groups excluding carboxylic acids is 2. The molecule has 0 aliphatic rings. The highest BCUT2D eigenvalue weighted by atomic mass is 32.2. The second-order valence-electron chi connectivity index (χ2n) is 6.74. The van der Waals surface area contributed by atoms with Crippen LogP contribution in [-0.2, 0) is 4.79 Å². The maximum Gasteiger partial charge on any atom is 0.251 e. The molecule has 6 heteroatoms. The maximum atomic E-state index is 12.6. The number of anilines is 1. The molecule has 0 spiro atoms. The molecule has 1 aromatic heterocycles. The monoisotopic (exact) mass is 405 g/mol. The van der Waals surface area contributed by atoms with E-state index in [1.54, 1.807) is 0 Å². The number of aromatic nitrogens is 1. The van der Waals surface area contributed by atoms with E-state index in [-0.39, 0.29) is 11.7 Å². The van der Waals surface area contributed by atoms with E-state index < -0.39 is 5.91 Å². The summed E-state index contributed by atoms with van der Waals surface area (Å²) in [5.74, 6) is -0.583. The summed E-state index contributed by atoms with van der Waals surface area (Å²) in [7, 11) is 0. The van der Waals surface area contributed by atoms with Gasteiger partial charge in [0.05, 0.1) is 11.3 Å². The minimum Gasteiger partial charge on any atom is -0.366 e. The Kier molecular flexibility index (Phi) is 6.34. The van der Waals surface area contributed by atoms with Gasteiger partial charge in [0.1, 0.15) is 5.03 Å². The average molecular weight is 406 g/mol. The summed E-state index contributed by atoms with van der Waals surface area (Å²) in [6.07, 6.45) is 0. The summed E-state index contributed by atoms with van der Waals surface area (Å²) in [5, 5.41) is 3.46. The number of carbonyl (C=O) groups is 2. The van der Waals surface area contributed by atoms with E-state index in [1.165, 1.54) is 11.8 Å². The lowest BCUT2D eigenvalue weighted by atomic mass is 10.0. The third-order valence-corrected chi connectivity index (χ3v) is 5.81. The molecule has 2 amide bonds. The Bertz CT molecular complexity index is 1070. The van der Waals surface area contributed by atoms with Gasteiger partial charge in [0, 0.05) is 16.9 Å². The Labute approximate surface area is 174 Å². The van der Waals surface area contributed by atoms with E-state index >= 15 is 0 Å². The largest absolute Gasteiger partial charge is 0.366 e. The first-order valence-electron chi connectivity index (χ1n) is 9.23. The average Bonchev–Trinajstić information content (AvgIpc) is 2.71. The topological polar surface area (TPSA) is 85.1 Å². The van der Waals surface area contributed by atoms with Crippen LogP contribution in [0.25, 0.3) is 11.1 Å². The SMILES string of the molecule is Cc1nc(SCC(=O)Nc2ccccc2-c2ccccc2)c(C(N)=O)c(C)c1C. The van der Waals surface area contributed by atoms with Crippen LogP contribution in [0.2, 0.25) is 0 Å². The lowest BCUT2D eigenvalue weighted by molar-refractivity contribution is -0.113. The number of amides is 2. The summed E-state index contributed by atoms with van der Waals surface area (Å²) in [4.78, 5) is 29.0. The second-order valence-corrected chi connectivity index (χ2v) is 7.70. The molecule has 0 atom stereocenters. The van der Waals surface area contributed by atoms with E-state index in [2.05, 4.69) is 10.3 Å². The normalized spacial score (nSPS) is 10.6. The summed E-state index contributed by atoms with van der Waals surface area (Å²) in [6, 6.07) is 17.5. The fraction of sp³-hybridized carbons (Fsp3) is 0.174. The number of rotatable bonds is 6. The van der Waals surface area contributed by atoms with Gasteiger partial charge in [-0.05, 0) is 43.5 Å². The van der Waals surface area contributed by atoms with Crippen molar-refractivity contribution in [3.8, 4) is 11.1 Å². The molecule has 0 saturated heterocycles. The third kappa shape index (κ3) is 4.66. The van der Waals surface area contributed by atoms with Crippen LogP contribution >= 0.6 is 11.8 Å². The number of hydrogen-bond acceptors (Lipinski definition) is 4. The molecular weight excluding hydrogens is 382 g/mol. The fourth-order valence-electron chi connectivity index (χ4n) is 3.09. The van der Waals surface area contributed by atoms with Gasteiger partial charge in [-0.3, -0.25) is 9.59 Å². The minimum absolute atomic E-state index is 0.123. The highest BCUT2D eigenvalue weighted by Gasteiger charge is 2.18. The summed E-state index contributed by atoms with van der Waals surface area (Å²) >= 11 is 1.22. The van der Waals surface area contributed by atoms with E-state index in [0.29, 0.717) is 10.6 Å². The number of aryl methyl sites for hydroxylation is 1. The van der Waals surface area contributed by atoms with Crippen LogP contribution in [0, 0.1) is 20.8 Å². The molecule has 0 saturated carbocycles. The third-order valence-electron chi connectivity index (χ3n) is 4.84. The van der Waals surface area contributed by atoms with Gasteiger partial charge in [-0.1, -0.05) is 60.3 Å². The summed E-state index contributed by atoms with van der Waals surface area (Å²) in [6.45, 7) is 5.64. The quantitative estimate of drug-likeness (QED) is 0.591. The number of para-hydroxylation sites is 1. The lowest BCUT2D eigenvalue weighted by Crippen LogP contribution is -2.18. The Morgan fingerprint density at radius 1 is 0.966 bits per heavy atom. The Hall–Kier alpha value is -3.12. The minimum atomic E-state index is -0.532. The van der Waals surface area contributed by atoms with Gasteiger partial charge in [0.2, 0.25) is 5.91 Å². The van der Waals surface area contributed by atoms with Crippen molar-refractivity contribution in [3.05, 3.63) is 77.0 Å². The molecule has 3 rings (SSSR count). The Morgan fingerprint density at radius 3 is 2.31 bits per heavy atom. The number of primary amides is 1. The van der Waals surface area contributed by atoms with Crippen LogP contribution in [0.1, 0.15) is 27.2 Å². The molecule has 0 radical (unpaired) electrons. The highest BCUT2D eigenvalue weighted by molar-refractivity contribution is 8.00. The zero-order valence-electron chi connectivity index (χ0n) is 16.7. The number of pyridine rings is 1. The lowest BCUT2D eigenvalue weighted by Gasteiger charge is -2.14. The molecule has 3 N–H and O–H groups in total. The van der Waals surface area contributed by atoms with Gasteiger partial charge in [0.25, 0.3) is 5.91 Å². The molecule has 5 nitrogen and oxygen atoms in total. The second kappa shape index (κ2) is 8.92. The van der Waals surface area contributed by atoms with Gasteiger partial charge in [-0.25, -0.2) is 4.98 Å². The number of nitrogens with zero attached hydrogens (tertiary/aromatic N) is 1. The van der Waals surface area contributed by atoms with Crippen LogP contribution in [0.4, 0.5) is 5.69 Å². The van der Waals surface area contributed by atoms with Gasteiger partial charge >= 0.3 is 0 Å². The van der Waals surface area contributed by atoms with Crippen LogP contribution in [0.15, 0.2) is 59.6 Å². The first kappa shape index (κ1) is 20.6. The molecule has 0 bridgehead atoms. The number of benzene rings is 2. The Balaban J connectivity index is 1.78. The smallest absolute Gasteiger partial charge is 0.251 e. The predicted molar refractivity (Wildman–Crippen MR) is 118 cm³/mol. The number of hydrogen-bond donors (Lipinski definition) is 2. The first-order chi connectivity index (χ1) is 13.9. The van der Waals surface area contributed by atoms with Gasteiger partial charge in [-0.15, -0.1) is 0 Å². The predicted octanol–water partition coefficient (Wildman–Crippen LogP) is 4.50. The highest BCUT2D eigenvalue weighted by Crippen LogP contribution is 2.29. The van der Waals surface area contributed by atoms with Crippen molar-refractivity contribution in [1.82, 2.24) is 4.98 Å². The summed E-state index contributed by atoms with van der Waals surface area (Å²) < 4.78 is 0.